The Kier molecular flexibility index (Phi) is 4.54. The van der Waals surface area contributed by atoms with Gasteiger partial charge in [-0.05, 0) is 46.0 Å². The van der Waals surface area contributed by atoms with Crippen LogP contribution < -0.4 is 5.32 Å². The monoisotopic (exact) mass is 291 g/mol. The molecule has 1 heterocycles. The number of nitrogens with one attached hydrogen (secondary N) is 1. The van der Waals surface area contributed by atoms with Crippen LogP contribution in [0.5, 0.6) is 0 Å². The van der Waals surface area contributed by atoms with Gasteiger partial charge in [-0.1, -0.05) is 12.8 Å². The van der Waals surface area contributed by atoms with Gasteiger partial charge in [0, 0.05) is 24.7 Å². The number of nitrogens with zero attached hydrogens (tertiary/aromatic N) is 2. The summed E-state index contributed by atoms with van der Waals surface area (Å²) in [6.45, 7) is 6.19. The fourth-order valence-electron chi connectivity index (χ4n) is 4.70. The molecule has 3 rings (SSSR count). The summed E-state index contributed by atoms with van der Waals surface area (Å²) in [5.74, 6) is 0. The Morgan fingerprint density at radius 1 is 1.29 bits per heavy atom. The van der Waals surface area contributed by atoms with Gasteiger partial charge in [0.2, 0.25) is 0 Å². The molecule has 1 saturated heterocycles. The molecule has 4 heteroatoms. The van der Waals surface area contributed by atoms with Crippen molar-refractivity contribution in [1.29, 1.82) is 5.26 Å². The molecule has 1 aliphatic heterocycles. The first-order chi connectivity index (χ1) is 10.1. The van der Waals surface area contributed by atoms with Gasteiger partial charge in [0.15, 0.2) is 0 Å². The zero-order valence-corrected chi connectivity index (χ0v) is 13.5. The summed E-state index contributed by atoms with van der Waals surface area (Å²) >= 11 is 0. The van der Waals surface area contributed by atoms with E-state index in [1.165, 1.54) is 25.7 Å². The predicted octanol–water partition coefficient (Wildman–Crippen LogP) is 2.44. The molecule has 0 aromatic heterocycles. The van der Waals surface area contributed by atoms with Crippen LogP contribution in [-0.2, 0) is 4.74 Å². The van der Waals surface area contributed by atoms with Crippen LogP contribution in [0.15, 0.2) is 0 Å². The molecule has 0 radical (unpaired) electrons. The second-order valence-electron chi connectivity index (χ2n) is 7.39. The number of hydrogen-bond acceptors (Lipinski definition) is 4. The van der Waals surface area contributed by atoms with Gasteiger partial charge in [-0.2, -0.15) is 5.26 Å². The fourth-order valence-corrected chi connectivity index (χ4v) is 4.70. The first-order valence-electron chi connectivity index (χ1n) is 8.70. The third-order valence-electron chi connectivity index (χ3n) is 5.51. The van der Waals surface area contributed by atoms with Crippen molar-refractivity contribution in [2.75, 3.05) is 13.2 Å². The maximum Gasteiger partial charge on any atom is 0.108 e. The summed E-state index contributed by atoms with van der Waals surface area (Å²) in [7, 11) is 0. The standard InChI is InChI=1S/C17H29N3O/c1-13(2)19-17(12-18)8-7-14(11-17)20-9-10-21-16-6-4-3-5-15(16)20/h13-16,19H,3-11H2,1-2H3. The normalized spacial score (nSPS) is 41.0. The number of nitriles is 1. The molecule has 0 bridgehead atoms. The summed E-state index contributed by atoms with van der Waals surface area (Å²) in [5, 5.41) is 13.2. The van der Waals surface area contributed by atoms with E-state index < -0.39 is 0 Å². The Labute approximate surface area is 128 Å². The van der Waals surface area contributed by atoms with Crippen molar-refractivity contribution in [2.45, 2.75) is 88.6 Å². The average molecular weight is 291 g/mol. The van der Waals surface area contributed by atoms with Crippen LogP contribution in [0, 0.1) is 11.3 Å². The van der Waals surface area contributed by atoms with Crippen LogP contribution in [-0.4, -0.2) is 47.8 Å². The molecule has 118 valence electrons. The van der Waals surface area contributed by atoms with Crippen molar-refractivity contribution in [3.05, 3.63) is 0 Å². The highest BCUT2D eigenvalue weighted by atomic mass is 16.5. The van der Waals surface area contributed by atoms with Crippen LogP contribution in [0.1, 0.15) is 58.8 Å². The minimum atomic E-state index is -0.304. The van der Waals surface area contributed by atoms with Crippen LogP contribution in [0.3, 0.4) is 0 Å². The van der Waals surface area contributed by atoms with E-state index in [0.29, 0.717) is 24.2 Å². The van der Waals surface area contributed by atoms with Crippen LogP contribution in [0.25, 0.3) is 0 Å². The van der Waals surface area contributed by atoms with Gasteiger partial charge in [-0.15, -0.1) is 0 Å². The van der Waals surface area contributed by atoms with Gasteiger partial charge in [-0.3, -0.25) is 10.2 Å². The minimum Gasteiger partial charge on any atom is -0.375 e. The number of fused-ring (bicyclic) bond motifs is 1. The van der Waals surface area contributed by atoms with E-state index in [-0.39, 0.29) is 5.54 Å². The largest absolute Gasteiger partial charge is 0.375 e. The van der Waals surface area contributed by atoms with Gasteiger partial charge in [0.1, 0.15) is 5.54 Å². The molecular formula is C17H29N3O. The summed E-state index contributed by atoms with van der Waals surface area (Å²) in [4.78, 5) is 2.69. The third-order valence-corrected chi connectivity index (χ3v) is 5.51. The van der Waals surface area contributed by atoms with E-state index in [1.807, 2.05) is 0 Å². The Balaban J connectivity index is 1.68. The maximum absolute atomic E-state index is 9.66. The first-order valence-corrected chi connectivity index (χ1v) is 8.70. The topological polar surface area (TPSA) is 48.3 Å². The van der Waals surface area contributed by atoms with Gasteiger partial charge < -0.3 is 4.74 Å². The van der Waals surface area contributed by atoms with Gasteiger partial charge in [0.05, 0.1) is 18.8 Å². The van der Waals surface area contributed by atoms with Crippen LogP contribution in [0.2, 0.25) is 0 Å². The SMILES string of the molecule is CC(C)NC1(C#N)CCC(N2CCOC3CCCCC32)C1. The summed E-state index contributed by atoms with van der Waals surface area (Å²) in [6, 6.07) is 4.12. The molecule has 2 saturated carbocycles. The maximum atomic E-state index is 9.66. The Morgan fingerprint density at radius 2 is 2.10 bits per heavy atom. The van der Waals surface area contributed by atoms with Crippen molar-refractivity contribution < 1.29 is 4.74 Å². The van der Waals surface area contributed by atoms with Crippen molar-refractivity contribution in [3.63, 3.8) is 0 Å². The van der Waals surface area contributed by atoms with Crippen LogP contribution in [0.4, 0.5) is 0 Å². The molecule has 3 fully saturated rings. The highest BCUT2D eigenvalue weighted by Crippen LogP contribution is 2.38. The van der Waals surface area contributed by atoms with E-state index in [1.54, 1.807) is 0 Å². The molecule has 0 aromatic carbocycles. The Hall–Kier alpha value is -0.630. The molecule has 0 spiro atoms. The zero-order valence-electron chi connectivity index (χ0n) is 13.5. The van der Waals surface area contributed by atoms with Gasteiger partial charge in [0.25, 0.3) is 0 Å². The van der Waals surface area contributed by atoms with E-state index in [4.69, 9.17) is 4.74 Å². The lowest BCUT2D eigenvalue weighted by Gasteiger charge is -2.46. The lowest BCUT2D eigenvalue weighted by molar-refractivity contribution is -0.102. The highest BCUT2D eigenvalue weighted by Gasteiger charge is 2.45. The quantitative estimate of drug-likeness (QED) is 0.867. The second-order valence-corrected chi connectivity index (χ2v) is 7.39. The van der Waals surface area contributed by atoms with Crippen molar-refractivity contribution in [3.8, 4) is 6.07 Å². The number of rotatable bonds is 3. The third kappa shape index (κ3) is 3.11. The lowest BCUT2D eigenvalue weighted by Crippen LogP contribution is -2.56. The average Bonchev–Trinajstić information content (AvgIpc) is 2.90. The molecule has 0 aromatic rings. The fraction of sp³-hybridized carbons (Fsp3) is 0.941. The molecule has 21 heavy (non-hydrogen) atoms. The summed E-state index contributed by atoms with van der Waals surface area (Å²) in [5.41, 5.74) is -0.304. The zero-order chi connectivity index (χ0) is 14.9. The van der Waals surface area contributed by atoms with Crippen molar-refractivity contribution in [2.24, 2.45) is 0 Å². The molecule has 4 atom stereocenters. The van der Waals surface area contributed by atoms with Crippen LogP contribution >= 0.6 is 0 Å². The van der Waals surface area contributed by atoms with E-state index in [9.17, 15) is 5.26 Å². The van der Waals surface area contributed by atoms with Crippen molar-refractivity contribution in [1.82, 2.24) is 10.2 Å². The molecular weight excluding hydrogens is 262 g/mol. The smallest absolute Gasteiger partial charge is 0.108 e. The molecule has 4 unspecified atom stereocenters. The number of morpholine rings is 1. The molecule has 0 amide bonds. The minimum absolute atomic E-state index is 0.304. The van der Waals surface area contributed by atoms with E-state index in [0.717, 1.165) is 32.4 Å². The Morgan fingerprint density at radius 3 is 2.86 bits per heavy atom. The Bertz CT molecular complexity index is 403. The molecule has 1 N–H and O–H groups in total. The van der Waals surface area contributed by atoms with E-state index in [2.05, 4.69) is 30.1 Å². The second kappa shape index (κ2) is 6.24. The first kappa shape index (κ1) is 15.3. The highest BCUT2D eigenvalue weighted by molar-refractivity contribution is 5.14. The molecule has 4 nitrogen and oxygen atoms in total. The van der Waals surface area contributed by atoms with Gasteiger partial charge in [-0.25, -0.2) is 0 Å². The van der Waals surface area contributed by atoms with Crippen molar-refractivity contribution >= 4 is 0 Å². The van der Waals surface area contributed by atoms with Gasteiger partial charge >= 0.3 is 0 Å². The molecule has 2 aliphatic carbocycles. The number of hydrogen-bond donors (Lipinski definition) is 1. The summed E-state index contributed by atoms with van der Waals surface area (Å²) in [6.07, 6.45) is 8.71. The number of ether oxygens (including phenoxy) is 1. The van der Waals surface area contributed by atoms with E-state index >= 15 is 0 Å². The molecule has 3 aliphatic rings. The predicted molar refractivity (Wildman–Crippen MR) is 83.0 cm³/mol. The lowest BCUT2D eigenvalue weighted by atomic mass is 9.88. The summed E-state index contributed by atoms with van der Waals surface area (Å²) < 4.78 is 5.99.